The molecule has 2 aromatic carbocycles. The number of anilines is 2. The molecule has 0 aliphatic carbocycles. The van der Waals surface area contributed by atoms with Crippen molar-refractivity contribution in [3.05, 3.63) is 36.4 Å². The highest BCUT2D eigenvalue weighted by molar-refractivity contribution is 7.93. The van der Waals surface area contributed by atoms with E-state index < -0.39 is 10.0 Å². The summed E-state index contributed by atoms with van der Waals surface area (Å²) >= 11 is 0.945. The molecule has 1 aliphatic rings. The molecule has 1 aliphatic heterocycles. The van der Waals surface area contributed by atoms with Crippen LogP contribution in [0.3, 0.4) is 0 Å². The monoisotopic (exact) mass is 322 g/mol. The first-order valence-corrected chi connectivity index (χ1v) is 8.01. The molecular formula is C12H10N4O3S2. The first kappa shape index (κ1) is 13.6. The zero-order valence-corrected chi connectivity index (χ0v) is 12.1. The Morgan fingerprint density at radius 2 is 2.00 bits per heavy atom. The van der Waals surface area contributed by atoms with Crippen LogP contribution in [0.1, 0.15) is 0 Å². The summed E-state index contributed by atoms with van der Waals surface area (Å²) in [6.07, 6.45) is 0. The van der Waals surface area contributed by atoms with Gasteiger partial charge in [-0.25, -0.2) is 8.42 Å². The number of fused-ring (bicyclic) bond motifs is 1. The van der Waals surface area contributed by atoms with E-state index in [0.29, 0.717) is 11.4 Å². The van der Waals surface area contributed by atoms with Crippen LogP contribution in [0, 0.1) is 0 Å². The fourth-order valence-corrected chi connectivity index (χ4v) is 3.70. The lowest BCUT2D eigenvalue weighted by atomic mass is 10.2. The van der Waals surface area contributed by atoms with Gasteiger partial charge in [0.1, 0.15) is 22.0 Å². The molecule has 21 heavy (non-hydrogen) atoms. The molecule has 108 valence electrons. The summed E-state index contributed by atoms with van der Waals surface area (Å²) in [4.78, 5) is 0.0289. The molecule has 3 rings (SSSR count). The van der Waals surface area contributed by atoms with Crippen LogP contribution >= 0.6 is 0 Å². The first-order chi connectivity index (χ1) is 9.97. The predicted molar refractivity (Wildman–Crippen MR) is 81.3 cm³/mol. The van der Waals surface area contributed by atoms with Crippen molar-refractivity contribution in [1.82, 2.24) is 0 Å². The molecule has 0 aromatic heterocycles. The second-order valence-corrected chi connectivity index (χ2v) is 6.44. The lowest BCUT2D eigenvalue weighted by Gasteiger charge is -2.11. The van der Waals surface area contributed by atoms with E-state index in [0.717, 1.165) is 11.4 Å². The highest BCUT2D eigenvalue weighted by atomic mass is 32.2. The molecule has 0 spiro atoms. The van der Waals surface area contributed by atoms with Gasteiger partial charge in [0.25, 0.3) is 10.0 Å². The summed E-state index contributed by atoms with van der Waals surface area (Å²) in [6.45, 7) is 0. The Hall–Kier alpha value is -2.39. The molecule has 0 saturated heterocycles. The van der Waals surface area contributed by atoms with Gasteiger partial charge >= 0.3 is 0 Å². The summed E-state index contributed by atoms with van der Waals surface area (Å²) in [7, 11) is -3.85. The Balaban J connectivity index is 2.03. The van der Waals surface area contributed by atoms with E-state index >= 15 is 0 Å². The van der Waals surface area contributed by atoms with Gasteiger partial charge in [-0.05, 0) is 24.3 Å². The number of nitrogens with zero attached hydrogens (tertiary/aromatic N) is 2. The fourth-order valence-electron chi connectivity index (χ4n) is 1.84. The van der Waals surface area contributed by atoms with E-state index in [4.69, 9.17) is 5.73 Å². The third-order valence-electron chi connectivity index (χ3n) is 2.82. The average molecular weight is 322 g/mol. The molecule has 0 unspecified atom stereocenters. The van der Waals surface area contributed by atoms with Crippen LogP contribution in [0.15, 0.2) is 50.0 Å². The van der Waals surface area contributed by atoms with Gasteiger partial charge in [0, 0.05) is 6.07 Å². The number of benzene rings is 2. The van der Waals surface area contributed by atoms with Crippen molar-refractivity contribution in [2.24, 2.45) is 8.73 Å². The Bertz CT molecular complexity index is 903. The Kier molecular flexibility index (Phi) is 3.15. The molecular weight excluding hydrogens is 312 g/mol. The van der Waals surface area contributed by atoms with Crippen molar-refractivity contribution in [1.29, 1.82) is 0 Å². The van der Waals surface area contributed by atoms with Gasteiger partial charge in [-0.3, -0.25) is 4.72 Å². The Morgan fingerprint density at radius 1 is 1.19 bits per heavy atom. The van der Waals surface area contributed by atoms with Crippen LogP contribution in [0.2, 0.25) is 0 Å². The lowest BCUT2D eigenvalue weighted by Crippen LogP contribution is -2.14. The minimum atomic E-state index is -3.85. The van der Waals surface area contributed by atoms with Crippen LogP contribution in [0.5, 0.6) is 5.75 Å². The second kappa shape index (κ2) is 4.86. The van der Waals surface area contributed by atoms with Crippen molar-refractivity contribution in [2.45, 2.75) is 4.90 Å². The van der Waals surface area contributed by atoms with E-state index in [9.17, 15) is 13.5 Å². The summed E-state index contributed by atoms with van der Waals surface area (Å²) in [5, 5.41) is 9.29. The highest BCUT2D eigenvalue weighted by Crippen LogP contribution is 2.38. The molecule has 0 saturated carbocycles. The van der Waals surface area contributed by atoms with Gasteiger partial charge in [-0.1, -0.05) is 6.07 Å². The van der Waals surface area contributed by atoms with Crippen molar-refractivity contribution >= 4 is 44.1 Å². The zero-order chi connectivity index (χ0) is 15.0. The standard InChI is InChI=1S/C12H10N4O3S2/c13-8-6-7(17)4-5-9(8)16-21(18,19)11-3-1-2-10-12(11)15-20-14-10/h1-6,16-17H,13H2. The van der Waals surface area contributed by atoms with E-state index in [1.807, 2.05) is 0 Å². The molecule has 2 aromatic rings. The minimum absolute atomic E-state index is 0.0289. The topological polar surface area (TPSA) is 117 Å². The number of aromatic hydroxyl groups is 1. The van der Waals surface area contributed by atoms with Crippen LogP contribution in [-0.2, 0) is 21.4 Å². The average Bonchev–Trinajstić information content (AvgIpc) is 2.90. The molecule has 0 fully saturated rings. The number of nitrogens with two attached hydrogens (primary N) is 1. The normalized spacial score (nSPS) is 12.8. The summed E-state index contributed by atoms with van der Waals surface area (Å²) < 4.78 is 35.3. The predicted octanol–water partition coefficient (Wildman–Crippen LogP) is 2.50. The Labute approximate surface area is 124 Å². The van der Waals surface area contributed by atoms with Crippen LogP contribution in [0.25, 0.3) is 0 Å². The van der Waals surface area contributed by atoms with Gasteiger partial charge < -0.3 is 10.8 Å². The maximum absolute atomic E-state index is 12.5. The quantitative estimate of drug-likeness (QED) is 0.507. The lowest BCUT2D eigenvalue weighted by molar-refractivity contribution is 0.475. The van der Waals surface area contributed by atoms with E-state index in [1.54, 1.807) is 12.1 Å². The van der Waals surface area contributed by atoms with Gasteiger partial charge in [0.2, 0.25) is 0 Å². The molecule has 0 amide bonds. The van der Waals surface area contributed by atoms with Gasteiger partial charge in [-0.2, -0.15) is 8.73 Å². The van der Waals surface area contributed by atoms with E-state index in [1.165, 1.54) is 24.3 Å². The number of nitrogens with one attached hydrogen (secondary N) is 1. The number of phenols is 1. The smallest absolute Gasteiger partial charge is 0.264 e. The molecule has 0 radical (unpaired) electrons. The fraction of sp³-hybridized carbons (Fsp3) is 0. The first-order valence-electron chi connectivity index (χ1n) is 5.80. The maximum atomic E-state index is 12.5. The van der Waals surface area contributed by atoms with Crippen molar-refractivity contribution in [3.8, 4) is 5.75 Å². The van der Waals surface area contributed by atoms with Crippen LogP contribution in [-0.4, -0.2) is 13.5 Å². The van der Waals surface area contributed by atoms with Crippen molar-refractivity contribution in [2.75, 3.05) is 10.5 Å². The molecule has 9 heteroatoms. The number of phenolic OH excluding ortho intramolecular Hbond substituents is 1. The molecule has 4 N–H and O–H groups in total. The second-order valence-electron chi connectivity index (χ2n) is 4.27. The maximum Gasteiger partial charge on any atom is 0.264 e. The van der Waals surface area contributed by atoms with Crippen LogP contribution < -0.4 is 10.5 Å². The highest BCUT2D eigenvalue weighted by Gasteiger charge is 2.23. The number of sulfonamides is 1. The SMILES string of the molecule is Nc1cc(O)ccc1NS(=O)(=O)c1cccc2c1N=S=N2. The third-order valence-corrected chi connectivity index (χ3v) is 4.76. The molecule has 0 bridgehead atoms. The molecule has 7 nitrogen and oxygen atoms in total. The van der Waals surface area contributed by atoms with E-state index in [2.05, 4.69) is 13.4 Å². The largest absolute Gasteiger partial charge is 0.508 e. The minimum Gasteiger partial charge on any atom is -0.508 e. The number of hydrogen-bond acceptors (Lipinski definition) is 6. The van der Waals surface area contributed by atoms with Crippen LogP contribution in [0.4, 0.5) is 22.7 Å². The molecule has 0 atom stereocenters. The third kappa shape index (κ3) is 2.48. The van der Waals surface area contributed by atoms with E-state index in [-0.39, 0.29) is 22.0 Å². The number of nitrogen functional groups attached to an aromatic ring is 1. The van der Waals surface area contributed by atoms with Gasteiger partial charge in [0.15, 0.2) is 0 Å². The summed E-state index contributed by atoms with van der Waals surface area (Å²) in [6, 6.07) is 8.73. The van der Waals surface area contributed by atoms with Gasteiger partial charge in [-0.15, -0.1) is 0 Å². The summed E-state index contributed by atoms with van der Waals surface area (Å²) in [5.74, 6) is -0.0405. The number of rotatable bonds is 3. The Morgan fingerprint density at radius 3 is 2.76 bits per heavy atom. The van der Waals surface area contributed by atoms with Crippen molar-refractivity contribution < 1.29 is 13.5 Å². The van der Waals surface area contributed by atoms with Gasteiger partial charge in [0.05, 0.1) is 22.7 Å². The number of hydrogen-bond donors (Lipinski definition) is 3. The zero-order valence-electron chi connectivity index (χ0n) is 10.5. The van der Waals surface area contributed by atoms with Crippen molar-refractivity contribution in [3.63, 3.8) is 0 Å². The summed E-state index contributed by atoms with van der Waals surface area (Å²) in [5.41, 5.74) is 6.83. The molecule has 1 heterocycles.